The summed E-state index contributed by atoms with van der Waals surface area (Å²) in [5, 5.41) is 28.9. The number of nitrogens with zero attached hydrogens (tertiary/aromatic N) is 1. The third-order valence-electron chi connectivity index (χ3n) is 4.29. The number of nitrogens with one attached hydrogen (secondary N) is 2. The minimum absolute atomic E-state index is 0.000515. The van der Waals surface area contributed by atoms with E-state index < -0.39 is 5.97 Å². The quantitative estimate of drug-likeness (QED) is 0.221. The second-order valence-electron chi connectivity index (χ2n) is 6.32. The van der Waals surface area contributed by atoms with Gasteiger partial charge >= 0.3 is 5.97 Å². The summed E-state index contributed by atoms with van der Waals surface area (Å²) >= 11 is 12.6. The van der Waals surface area contributed by atoms with E-state index in [4.69, 9.17) is 33.7 Å². The second kappa shape index (κ2) is 9.78. The van der Waals surface area contributed by atoms with Crippen LogP contribution in [0.15, 0.2) is 52.9 Å². The minimum Gasteiger partial charge on any atom is -0.506 e. The van der Waals surface area contributed by atoms with Crippen LogP contribution in [0.1, 0.15) is 22.8 Å². The SMILES string of the molecule is COc1ccc(-c2scc(C(C)=NNC(=S)Nc3ccc(C(=O)O)c(Cl)c3)c2O)cc1. The van der Waals surface area contributed by atoms with E-state index in [1.807, 2.05) is 29.6 Å². The Hall–Kier alpha value is -3.14. The predicted molar refractivity (Wildman–Crippen MR) is 128 cm³/mol. The highest BCUT2D eigenvalue weighted by Gasteiger charge is 2.15. The van der Waals surface area contributed by atoms with Crippen molar-refractivity contribution in [2.24, 2.45) is 5.10 Å². The molecule has 1 aromatic heterocycles. The Morgan fingerprint density at radius 3 is 2.52 bits per heavy atom. The Labute approximate surface area is 193 Å². The molecule has 0 radical (unpaired) electrons. The van der Waals surface area contributed by atoms with Crippen LogP contribution < -0.4 is 15.5 Å². The molecule has 0 saturated carbocycles. The molecule has 3 aromatic rings. The fourth-order valence-corrected chi connectivity index (χ4v) is 4.11. The van der Waals surface area contributed by atoms with Gasteiger partial charge in [0.1, 0.15) is 11.5 Å². The molecule has 0 atom stereocenters. The van der Waals surface area contributed by atoms with E-state index in [2.05, 4.69) is 15.8 Å². The number of thiocarbonyl (C=S) groups is 1. The van der Waals surface area contributed by atoms with Gasteiger partial charge in [0.05, 0.1) is 33.8 Å². The van der Waals surface area contributed by atoms with Gasteiger partial charge in [0.15, 0.2) is 5.11 Å². The number of carboxylic acid groups (broad SMARTS) is 1. The molecule has 0 spiro atoms. The van der Waals surface area contributed by atoms with E-state index in [0.717, 1.165) is 16.2 Å². The molecule has 0 saturated heterocycles. The van der Waals surface area contributed by atoms with E-state index in [-0.39, 0.29) is 21.4 Å². The van der Waals surface area contributed by atoms with Crippen molar-refractivity contribution in [2.45, 2.75) is 6.92 Å². The lowest BCUT2D eigenvalue weighted by Gasteiger charge is -2.09. The van der Waals surface area contributed by atoms with Crippen molar-refractivity contribution in [2.75, 3.05) is 12.4 Å². The van der Waals surface area contributed by atoms with Gasteiger partial charge in [0.2, 0.25) is 0 Å². The number of aromatic carboxylic acids is 1. The van der Waals surface area contributed by atoms with Crippen molar-refractivity contribution in [3.05, 3.63) is 64.0 Å². The van der Waals surface area contributed by atoms with Gasteiger partial charge in [-0.1, -0.05) is 11.6 Å². The first-order chi connectivity index (χ1) is 14.8. The maximum Gasteiger partial charge on any atom is 0.337 e. The Balaban J connectivity index is 1.69. The highest BCUT2D eigenvalue weighted by Crippen LogP contribution is 2.39. The van der Waals surface area contributed by atoms with Gasteiger partial charge < -0.3 is 20.3 Å². The number of rotatable bonds is 6. The number of hydrogen-bond acceptors (Lipinski definition) is 6. The van der Waals surface area contributed by atoms with E-state index in [1.54, 1.807) is 20.1 Å². The number of methoxy groups -OCH3 is 1. The summed E-state index contributed by atoms with van der Waals surface area (Å²) in [6, 6.07) is 11.8. The summed E-state index contributed by atoms with van der Waals surface area (Å²) in [5.41, 5.74) is 5.21. The number of hydrazone groups is 1. The molecule has 0 unspecified atom stereocenters. The summed E-state index contributed by atoms with van der Waals surface area (Å²) in [4.78, 5) is 11.8. The standard InChI is InChI=1S/C21H18ClN3O4S2/c1-11(16-10-31-19(18(16)26)12-3-6-14(29-2)7-4-12)24-25-21(30)23-13-5-8-15(20(27)28)17(22)9-13/h3-10,26H,1-2H3,(H,27,28)(H2,23,25,30). The van der Waals surface area contributed by atoms with E-state index >= 15 is 0 Å². The molecular formula is C21H18ClN3O4S2. The molecule has 0 aliphatic carbocycles. The lowest BCUT2D eigenvalue weighted by molar-refractivity contribution is 0.0697. The van der Waals surface area contributed by atoms with Crippen LogP contribution in [0.25, 0.3) is 10.4 Å². The van der Waals surface area contributed by atoms with Crippen LogP contribution in [-0.2, 0) is 0 Å². The highest BCUT2D eigenvalue weighted by molar-refractivity contribution is 7.80. The normalized spacial score (nSPS) is 11.1. The number of carbonyl (C=O) groups is 1. The summed E-state index contributed by atoms with van der Waals surface area (Å²) in [6.45, 7) is 1.74. The first-order valence-electron chi connectivity index (χ1n) is 8.89. The molecule has 0 amide bonds. The van der Waals surface area contributed by atoms with Crippen LogP contribution in [0.5, 0.6) is 11.5 Å². The highest BCUT2D eigenvalue weighted by atomic mass is 35.5. The second-order valence-corrected chi connectivity index (χ2v) is 8.01. The zero-order valence-corrected chi connectivity index (χ0v) is 18.9. The van der Waals surface area contributed by atoms with E-state index in [1.165, 1.54) is 23.5 Å². The maximum absolute atomic E-state index is 11.0. The van der Waals surface area contributed by atoms with Crippen molar-refractivity contribution in [3.8, 4) is 21.9 Å². The van der Waals surface area contributed by atoms with Crippen LogP contribution in [0.2, 0.25) is 5.02 Å². The number of benzene rings is 2. The van der Waals surface area contributed by atoms with Crippen LogP contribution in [0, 0.1) is 0 Å². The molecule has 2 aromatic carbocycles. The maximum atomic E-state index is 11.0. The zero-order chi connectivity index (χ0) is 22.5. The minimum atomic E-state index is -1.11. The fraction of sp³-hybridized carbons (Fsp3) is 0.0952. The predicted octanol–water partition coefficient (Wildman–Crippen LogP) is 5.19. The first kappa shape index (κ1) is 22.5. The smallest absolute Gasteiger partial charge is 0.337 e. The third kappa shape index (κ3) is 5.32. The largest absolute Gasteiger partial charge is 0.506 e. The number of hydrogen-bond donors (Lipinski definition) is 4. The third-order valence-corrected chi connectivity index (χ3v) is 5.81. The average Bonchev–Trinajstić information content (AvgIpc) is 3.13. The Morgan fingerprint density at radius 1 is 1.19 bits per heavy atom. The van der Waals surface area contributed by atoms with Gasteiger partial charge in [-0.25, -0.2) is 4.79 Å². The lowest BCUT2D eigenvalue weighted by Crippen LogP contribution is -2.25. The van der Waals surface area contributed by atoms with Gasteiger partial charge in [0.25, 0.3) is 0 Å². The fourth-order valence-electron chi connectivity index (χ4n) is 2.68. The van der Waals surface area contributed by atoms with Crippen LogP contribution in [0.3, 0.4) is 0 Å². The van der Waals surface area contributed by atoms with Crippen LogP contribution in [-0.4, -0.2) is 34.1 Å². The molecule has 3 rings (SSSR count). The van der Waals surface area contributed by atoms with Crippen molar-refractivity contribution in [3.63, 3.8) is 0 Å². The molecule has 7 nitrogen and oxygen atoms in total. The Morgan fingerprint density at radius 2 is 1.90 bits per heavy atom. The van der Waals surface area contributed by atoms with Crippen LogP contribution >= 0.6 is 35.2 Å². The summed E-state index contributed by atoms with van der Waals surface area (Å²) in [7, 11) is 1.60. The molecule has 0 bridgehead atoms. The van der Waals surface area contributed by atoms with Crippen LogP contribution in [0.4, 0.5) is 5.69 Å². The van der Waals surface area contributed by atoms with Crippen molar-refractivity contribution in [1.82, 2.24) is 5.43 Å². The summed E-state index contributed by atoms with van der Waals surface area (Å²) in [6.07, 6.45) is 0. The lowest BCUT2D eigenvalue weighted by atomic mass is 10.1. The number of carboxylic acids is 1. The van der Waals surface area contributed by atoms with E-state index in [0.29, 0.717) is 17.0 Å². The van der Waals surface area contributed by atoms with E-state index in [9.17, 15) is 9.90 Å². The number of halogens is 1. The molecule has 4 N–H and O–H groups in total. The monoisotopic (exact) mass is 475 g/mol. The van der Waals surface area contributed by atoms with Gasteiger partial charge in [-0.2, -0.15) is 5.10 Å². The summed E-state index contributed by atoms with van der Waals surface area (Å²) in [5.74, 6) is -0.239. The van der Waals surface area contributed by atoms with Crippen molar-refractivity contribution in [1.29, 1.82) is 0 Å². The van der Waals surface area contributed by atoms with Gasteiger partial charge in [0, 0.05) is 11.1 Å². The zero-order valence-electron chi connectivity index (χ0n) is 16.5. The number of ether oxygens (including phenoxy) is 1. The van der Waals surface area contributed by atoms with Gasteiger partial charge in [-0.15, -0.1) is 11.3 Å². The van der Waals surface area contributed by atoms with Gasteiger partial charge in [-0.05, 0) is 67.2 Å². The van der Waals surface area contributed by atoms with Gasteiger partial charge in [-0.3, -0.25) is 5.43 Å². The number of thiophene rings is 1. The molecule has 0 fully saturated rings. The summed E-state index contributed by atoms with van der Waals surface area (Å²) < 4.78 is 5.16. The first-order valence-corrected chi connectivity index (χ1v) is 10.6. The van der Waals surface area contributed by atoms with Crippen molar-refractivity contribution < 1.29 is 19.7 Å². The molecule has 1 heterocycles. The molecule has 160 valence electrons. The molecule has 0 aliphatic rings. The number of anilines is 1. The molecule has 31 heavy (non-hydrogen) atoms. The van der Waals surface area contributed by atoms with Crippen molar-refractivity contribution >= 4 is 57.6 Å². The molecule has 10 heteroatoms. The molecule has 0 aliphatic heterocycles. The Kier molecular flexibility index (Phi) is 7.11. The average molecular weight is 476 g/mol. The molecular weight excluding hydrogens is 458 g/mol. The number of aromatic hydroxyl groups is 1. The Bertz CT molecular complexity index is 1160. The topological polar surface area (TPSA) is 103 Å².